The van der Waals surface area contributed by atoms with E-state index in [1.54, 1.807) is 18.3 Å². The maximum atomic E-state index is 12.8. The Morgan fingerprint density at radius 3 is 2.50 bits per heavy atom. The second kappa shape index (κ2) is 6.36. The first-order valence-corrected chi connectivity index (χ1v) is 7.98. The van der Waals surface area contributed by atoms with E-state index in [1.165, 1.54) is 0 Å². The molecule has 0 saturated carbocycles. The van der Waals surface area contributed by atoms with Gasteiger partial charge in [-0.15, -0.1) is 0 Å². The summed E-state index contributed by atoms with van der Waals surface area (Å²) in [6.07, 6.45) is 1.65. The van der Waals surface area contributed by atoms with Crippen LogP contribution in [0.15, 0.2) is 22.7 Å². The number of carbonyl (C=O) groups excluding carboxylic acids is 1. The van der Waals surface area contributed by atoms with Crippen LogP contribution < -0.4 is 4.90 Å². The van der Waals surface area contributed by atoms with Gasteiger partial charge in [-0.1, -0.05) is 0 Å². The number of amides is 1. The normalized spacial score (nSPS) is 14.6. The standard InChI is InChI=1S/C18H20N4O2/c1-12-13(2)24-14(3)17(12)18(23)22-8-6-21(7-9-22)16-10-15(11-19)4-5-20-16/h4-5,10H,6-9H2,1-3H3. The van der Waals surface area contributed by atoms with Crippen molar-refractivity contribution in [3.63, 3.8) is 0 Å². The first-order valence-electron chi connectivity index (χ1n) is 7.98. The van der Waals surface area contributed by atoms with Crippen LogP contribution in [0.5, 0.6) is 0 Å². The van der Waals surface area contributed by atoms with E-state index in [1.807, 2.05) is 25.7 Å². The van der Waals surface area contributed by atoms with E-state index < -0.39 is 0 Å². The van der Waals surface area contributed by atoms with Crippen molar-refractivity contribution in [1.29, 1.82) is 5.26 Å². The van der Waals surface area contributed by atoms with Crippen LogP contribution in [-0.2, 0) is 0 Å². The molecule has 6 heteroatoms. The fourth-order valence-electron chi connectivity index (χ4n) is 3.07. The van der Waals surface area contributed by atoms with Gasteiger partial charge in [-0.25, -0.2) is 4.98 Å². The van der Waals surface area contributed by atoms with Crippen LogP contribution in [0.4, 0.5) is 5.82 Å². The minimum absolute atomic E-state index is 0.0280. The molecule has 0 aliphatic carbocycles. The summed E-state index contributed by atoms with van der Waals surface area (Å²) >= 11 is 0. The van der Waals surface area contributed by atoms with E-state index >= 15 is 0 Å². The first-order chi connectivity index (χ1) is 11.5. The van der Waals surface area contributed by atoms with Gasteiger partial charge in [0.25, 0.3) is 5.91 Å². The van der Waals surface area contributed by atoms with Crippen LogP contribution in [0.2, 0.25) is 0 Å². The summed E-state index contributed by atoms with van der Waals surface area (Å²) in [7, 11) is 0. The van der Waals surface area contributed by atoms with E-state index in [4.69, 9.17) is 9.68 Å². The molecule has 1 fully saturated rings. The molecule has 3 rings (SSSR count). The number of hydrogen-bond acceptors (Lipinski definition) is 5. The van der Waals surface area contributed by atoms with Gasteiger partial charge in [0.15, 0.2) is 0 Å². The summed E-state index contributed by atoms with van der Waals surface area (Å²) < 4.78 is 5.57. The van der Waals surface area contributed by atoms with E-state index in [2.05, 4.69) is 16.0 Å². The average molecular weight is 324 g/mol. The topological polar surface area (TPSA) is 73.4 Å². The Balaban J connectivity index is 1.71. The number of piperazine rings is 1. The number of aryl methyl sites for hydroxylation is 2. The lowest BCUT2D eigenvalue weighted by Crippen LogP contribution is -2.49. The lowest BCUT2D eigenvalue weighted by atomic mass is 10.1. The molecule has 24 heavy (non-hydrogen) atoms. The fourth-order valence-corrected chi connectivity index (χ4v) is 3.07. The number of nitriles is 1. The SMILES string of the molecule is Cc1oc(C)c(C(=O)N2CCN(c3cc(C#N)ccn3)CC2)c1C. The highest BCUT2D eigenvalue weighted by Crippen LogP contribution is 2.23. The van der Waals surface area contributed by atoms with Crippen molar-refractivity contribution >= 4 is 11.7 Å². The molecule has 1 saturated heterocycles. The highest BCUT2D eigenvalue weighted by atomic mass is 16.3. The number of carbonyl (C=O) groups is 1. The Morgan fingerprint density at radius 1 is 1.21 bits per heavy atom. The van der Waals surface area contributed by atoms with Crippen molar-refractivity contribution in [2.24, 2.45) is 0 Å². The molecule has 6 nitrogen and oxygen atoms in total. The van der Waals surface area contributed by atoms with Crippen molar-refractivity contribution in [1.82, 2.24) is 9.88 Å². The summed E-state index contributed by atoms with van der Waals surface area (Å²) in [5, 5.41) is 9.00. The number of furan rings is 1. The first kappa shape index (κ1) is 16.1. The van der Waals surface area contributed by atoms with Crippen LogP contribution in [0.25, 0.3) is 0 Å². The molecular weight excluding hydrogens is 304 g/mol. The molecule has 124 valence electrons. The van der Waals surface area contributed by atoms with Crippen molar-refractivity contribution in [2.75, 3.05) is 31.1 Å². The zero-order chi connectivity index (χ0) is 17.3. The van der Waals surface area contributed by atoms with Gasteiger partial charge in [0, 0.05) is 37.9 Å². The van der Waals surface area contributed by atoms with E-state index in [0.29, 0.717) is 43.1 Å². The van der Waals surface area contributed by atoms with E-state index in [9.17, 15) is 4.79 Å². The molecule has 2 aromatic rings. The van der Waals surface area contributed by atoms with Crippen LogP contribution in [-0.4, -0.2) is 42.0 Å². The van der Waals surface area contributed by atoms with Crippen LogP contribution >= 0.6 is 0 Å². The van der Waals surface area contributed by atoms with Crippen molar-refractivity contribution in [3.05, 3.63) is 46.5 Å². The number of aromatic nitrogens is 1. The summed E-state index contributed by atoms with van der Waals surface area (Å²) in [6.45, 7) is 8.28. The number of rotatable bonds is 2. The third kappa shape index (κ3) is 2.85. The fraction of sp³-hybridized carbons (Fsp3) is 0.389. The van der Waals surface area contributed by atoms with Gasteiger partial charge in [0.2, 0.25) is 0 Å². The maximum Gasteiger partial charge on any atom is 0.257 e. The van der Waals surface area contributed by atoms with Gasteiger partial charge in [-0.05, 0) is 32.9 Å². The summed E-state index contributed by atoms with van der Waals surface area (Å²) in [5.41, 5.74) is 2.20. The largest absolute Gasteiger partial charge is 0.466 e. The molecular formula is C18H20N4O2. The van der Waals surface area contributed by atoms with Crippen molar-refractivity contribution < 1.29 is 9.21 Å². The Morgan fingerprint density at radius 2 is 1.92 bits per heavy atom. The third-order valence-electron chi connectivity index (χ3n) is 4.54. The molecule has 3 heterocycles. The summed E-state index contributed by atoms with van der Waals surface area (Å²) in [4.78, 5) is 21.1. The van der Waals surface area contributed by atoms with E-state index in [0.717, 1.165) is 17.1 Å². The van der Waals surface area contributed by atoms with Gasteiger partial charge in [-0.2, -0.15) is 5.26 Å². The quantitative estimate of drug-likeness (QED) is 0.848. The second-order valence-corrected chi connectivity index (χ2v) is 6.01. The van der Waals surface area contributed by atoms with Gasteiger partial charge >= 0.3 is 0 Å². The average Bonchev–Trinajstić information content (AvgIpc) is 2.86. The molecule has 2 aromatic heterocycles. The van der Waals surface area contributed by atoms with Gasteiger partial charge in [-0.3, -0.25) is 4.79 Å². The number of pyridine rings is 1. The smallest absolute Gasteiger partial charge is 0.257 e. The monoisotopic (exact) mass is 324 g/mol. The highest BCUT2D eigenvalue weighted by Gasteiger charge is 2.27. The zero-order valence-corrected chi connectivity index (χ0v) is 14.2. The molecule has 1 amide bonds. The van der Waals surface area contributed by atoms with Crippen LogP contribution in [0, 0.1) is 32.1 Å². The Hall–Kier alpha value is -2.81. The van der Waals surface area contributed by atoms with Gasteiger partial charge < -0.3 is 14.2 Å². The van der Waals surface area contributed by atoms with E-state index in [-0.39, 0.29) is 5.91 Å². The minimum atomic E-state index is 0.0280. The van der Waals surface area contributed by atoms with Gasteiger partial charge in [0.1, 0.15) is 17.3 Å². The van der Waals surface area contributed by atoms with Crippen molar-refractivity contribution in [3.8, 4) is 6.07 Å². The predicted octanol–water partition coefficient (Wildman–Crippen LogP) is 2.43. The molecule has 0 unspecified atom stereocenters. The van der Waals surface area contributed by atoms with Crippen molar-refractivity contribution in [2.45, 2.75) is 20.8 Å². The molecule has 0 bridgehead atoms. The molecule has 1 aliphatic heterocycles. The summed E-state index contributed by atoms with van der Waals surface area (Å²) in [5.74, 6) is 2.29. The molecule has 0 spiro atoms. The maximum absolute atomic E-state index is 12.8. The lowest BCUT2D eigenvalue weighted by molar-refractivity contribution is 0.0744. The van der Waals surface area contributed by atoms with Crippen LogP contribution in [0.3, 0.4) is 0 Å². The zero-order valence-electron chi connectivity index (χ0n) is 14.2. The number of anilines is 1. The molecule has 0 aromatic carbocycles. The highest BCUT2D eigenvalue weighted by molar-refractivity contribution is 5.97. The molecule has 0 atom stereocenters. The third-order valence-corrected chi connectivity index (χ3v) is 4.54. The lowest BCUT2D eigenvalue weighted by Gasteiger charge is -2.35. The van der Waals surface area contributed by atoms with Crippen LogP contribution in [0.1, 0.15) is 33.0 Å². The number of hydrogen-bond donors (Lipinski definition) is 0. The predicted molar refractivity (Wildman–Crippen MR) is 90.0 cm³/mol. The Kier molecular flexibility index (Phi) is 4.26. The molecule has 1 aliphatic rings. The molecule has 0 radical (unpaired) electrons. The number of nitrogens with zero attached hydrogens (tertiary/aromatic N) is 4. The Bertz CT molecular complexity index is 811. The van der Waals surface area contributed by atoms with Gasteiger partial charge in [0.05, 0.1) is 17.2 Å². The minimum Gasteiger partial charge on any atom is -0.466 e. The summed E-state index contributed by atoms with van der Waals surface area (Å²) in [6, 6.07) is 5.60. The second-order valence-electron chi connectivity index (χ2n) is 6.01. The molecule has 0 N–H and O–H groups in total. The Labute approximate surface area is 141 Å².